The van der Waals surface area contributed by atoms with Gasteiger partial charge in [-0.25, -0.2) is 15.0 Å². The number of rotatable bonds is 5. The molecule has 0 amide bonds. The zero-order valence-corrected chi connectivity index (χ0v) is 26.1. The summed E-state index contributed by atoms with van der Waals surface area (Å²) < 4.78 is 0. The van der Waals surface area contributed by atoms with Crippen molar-refractivity contribution in [3.63, 3.8) is 0 Å². The van der Waals surface area contributed by atoms with Crippen LogP contribution in [0.5, 0.6) is 0 Å². The van der Waals surface area contributed by atoms with Gasteiger partial charge in [0.15, 0.2) is 17.5 Å². The van der Waals surface area contributed by atoms with E-state index < -0.39 is 0 Å². The van der Waals surface area contributed by atoms with E-state index in [-0.39, 0.29) is 0 Å². The number of aromatic nitrogens is 3. The Balaban J connectivity index is 1.28. The minimum Gasteiger partial charge on any atom is -0.208 e. The number of hydrogen-bond acceptors (Lipinski definition) is 3. The van der Waals surface area contributed by atoms with Gasteiger partial charge in [-0.15, -0.1) is 0 Å². The van der Waals surface area contributed by atoms with Crippen molar-refractivity contribution in [1.29, 1.82) is 0 Å². The molecule has 48 heavy (non-hydrogen) atoms. The van der Waals surface area contributed by atoms with E-state index in [0.717, 1.165) is 38.2 Å². The van der Waals surface area contributed by atoms with Crippen LogP contribution < -0.4 is 0 Å². The standard InChI is InChI=1S/C45H29N3/c1-3-14-30(15-4-1)34-21-10-26-39-36(34)23-12-28-41(39)44-46-43(32-17-5-2-6-18-32)47-45(48-44)42-29-13-25-38-37(24-11-27-40(38)42)35-22-9-19-31-16-7-8-20-33(31)35/h1-29H. The third kappa shape index (κ3) is 4.81. The quantitative estimate of drug-likeness (QED) is 0.194. The van der Waals surface area contributed by atoms with Crippen molar-refractivity contribution in [2.75, 3.05) is 0 Å². The van der Waals surface area contributed by atoms with Crippen molar-refractivity contribution in [3.05, 3.63) is 176 Å². The maximum atomic E-state index is 5.23. The van der Waals surface area contributed by atoms with Crippen LogP contribution in [0.4, 0.5) is 0 Å². The summed E-state index contributed by atoms with van der Waals surface area (Å²) in [5.41, 5.74) is 7.66. The first-order valence-corrected chi connectivity index (χ1v) is 16.2. The smallest absolute Gasteiger partial charge is 0.164 e. The molecule has 3 heteroatoms. The Kier molecular flexibility index (Phi) is 6.80. The van der Waals surface area contributed by atoms with Crippen molar-refractivity contribution < 1.29 is 0 Å². The molecule has 9 rings (SSSR count). The van der Waals surface area contributed by atoms with E-state index in [2.05, 4.69) is 158 Å². The SMILES string of the molecule is c1ccc(-c2nc(-c3cccc4c(-c5ccccc5)cccc34)nc(-c3cccc4c(-c5cccc6ccccc56)cccc34)n2)cc1. The second kappa shape index (κ2) is 11.7. The van der Waals surface area contributed by atoms with Gasteiger partial charge >= 0.3 is 0 Å². The largest absolute Gasteiger partial charge is 0.208 e. The van der Waals surface area contributed by atoms with Crippen LogP contribution in [0.2, 0.25) is 0 Å². The first-order chi connectivity index (χ1) is 23.8. The van der Waals surface area contributed by atoms with Gasteiger partial charge in [0, 0.05) is 16.7 Å². The Labute approximate surface area is 278 Å². The van der Waals surface area contributed by atoms with Crippen molar-refractivity contribution in [2.24, 2.45) is 0 Å². The summed E-state index contributed by atoms with van der Waals surface area (Å²) in [7, 11) is 0. The molecule has 0 aliphatic rings. The van der Waals surface area contributed by atoms with Gasteiger partial charge in [-0.05, 0) is 54.6 Å². The highest BCUT2D eigenvalue weighted by Crippen LogP contribution is 2.39. The van der Waals surface area contributed by atoms with Crippen LogP contribution >= 0.6 is 0 Å². The van der Waals surface area contributed by atoms with Gasteiger partial charge in [-0.3, -0.25) is 0 Å². The molecule has 8 aromatic carbocycles. The zero-order valence-electron chi connectivity index (χ0n) is 26.1. The molecule has 224 valence electrons. The second-order valence-electron chi connectivity index (χ2n) is 12.0. The van der Waals surface area contributed by atoms with Gasteiger partial charge in [0.25, 0.3) is 0 Å². The molecule has 0 aliphatic carbocycles. The maximum Gasteiger partial charge on any atom is 0.164 e. The molecule has 0 atom stereocenters. The van der Waals surface area contributed by atoms with Crippen LogP contribution in [0.25, 0.3) is 88.7 Å². The molecule has 9 aromatic rings. The lowest BCUT2D eigenvalue weighted by atomic mass is 9.92. The van der Waals surface area contributed by atoms with Crippen molar-refractivity contribution in [1.82, 2.24) is 15.0 Å². The number of hydrogen-bond donors (Lipinski definition) is 0. The predicted molar refractivity (Wildman–Crippen MR) is 200 cm³/mol. The lowest BCUT2D eigenvalue weighted by molar-refractivity contribution is 1.08. The van der Waals surface area contributed by atoms with Crippen LogP contribution in [-0.4, -0.2) is 15.0 Å². The molecule has 0 radical (unpaired) electrons. The fourth-order valence-electron chi connectivity index (χ4n) is 6.91. The molecule has 0 fully saturated rings. The van der Waals surface area contributed by atoms with E-state index in [9.17, 15) is 0 Å². The second-order valence-corrected chi connectivity index (χ2v) is 12.0. The first kappa shape index (κ1) is 27.8. The average molecular weight is 612 g/mol. The molecule has 0 unspecified atom stereocenters. The van der Waals surface area contributed by atoms with Gasteiger partial charge in [0.1, 0.15) is 0 Å². The lowest BCUT2D eigenvalue weighted by Gasteiger charge is -2.14. The molecule has 0 spiro atoms. The first-order valence-electron chi connectivity index (χ1n) is 16.2. The van der Waals surface area contributed by atoms with E-state index >= 15 is 0 Å². The number of benzene rings is 8. The van der Waals surface area contributed by atoms with Crippen LogP contribution in [-0.2, 0) is 0 Å². The van der Waals surface area contributed by atoms with E-state index in [0.29, 0.717) is 17.5 Å². The number of fused-ring (bicyclic) bond motifs is 3. The topological polar surface area (TPSA) is 38.7 Å². The van der Waals surface area contributed by atoms with Crippen molar-refractivity contribution in [3.8, 4) is 56.4 Å². The van der Waals surface area contributed by atoms with E-state index in [1.54, 1.807) is 0 Å². The predicted octanol–water partition coefficient (Wildman–Crippen LogP) is 11.7. The molecular weight excluding hydrogens is 583 g/mol. The summed E-state index contributed by atoms with van der Waals surface area (Å²) in [6, 6.07) is 61.6. The minimum atomic E-state index is 0.647. The fourth-order valence-corrected chi connectivity index (χ4v) is 6.91. The Hall–Kier alpha value is -6.45. The highest BCUT2D eigenvalue weighted by Gasteiger charge is 2.18. The van der Waals surface area contributed by atoms with Gasteiger partial charge in [0.2, 0.25) is 0 Å². The molecule has 0 N–H and O–H groups in total. The van der Waals surface area contributed by atoms with Crippen LogP contribution in [0.15, 0.2) is 176 Å². The Morgan fingerprint density at radius 2 is 0.604 bits per heavy atom. The van der Waals surface area contributed by atoms with Crippen molar-refractivity contribution >= 4 is 32.3 Å². The third-order valence-corrected chi connectivity index (χ3v) is 9.16. The summed E-state index contributed by atoms with van der Waals surface area (Å²) in [5.74, 6) is 1.95. The Bertz CT molecular complexity index is 2600. The van der Waals surface area contributed by atoms with Gasteiger partial charge in [0.05, 0.1) is 0 Å². The lowest BCUT2D eigenvalue weighted by Crippen LogP contribution is -2.01. The van der Waals surface area contributed by atoms with Gasteiger partial charge in [-0.2, -0.15) is 0 Å². The van der Waals surface area contributed by atoms with E-state index in [1.807, 2.05) is 18.2 Å². The third-order valence-electron chi connectivity index (χ3n) is 9.16. The molecule has 0 aliphatic heterocycles. The molecule has 1 heterocycles. The Morgan fingerprint density at radius 3 is 1.23 bits per heavy atom. The molecule has 1 aromatic heterocycles. The summed E-state index contributed by atoms with van der Waals surface area (Å²) in [6.45, 7) is 0. The fraction of sp³-hybridized carbons (Fsp3) is 0. The highest BCUT2D eigenvalue weighted by atomic mass is 15.0. The van der Waals surface area contributed by atoms with Crippen LogP contribution in [0.1, 0.15) is 0 Å². The molecule has 0 saturated carbocycles. The number of nitrogens with zero attached hydrogens (tertiary/aromatic N) is 3. The minimum absolute atomic E-state index is 0.647. The average Bonchev–Trinajstić information content (AvgIpc) is 3.17. The Morgan fingerprint density at radius 1 is 0.229 bits per heavy atom. The van der Waals surface area contributed by atoms with Crippen LogP contribution in [0, 0.1) is 0 Å². The summed E-state index contributed by atoms with van der Waals surface area (Å²) in [4.78, 5) is 15.5. The van der Waals surface area contributed by atoms with Gasteiger partial charge < -0.3 is 0 Å². The monoisotopic (exact) mass is 611 g/mol. The highest BCUT2D eigenvalue weighted by molar-refractivity contribution is 6.09. The normalized spacial score (nSPS) is 11.3. The van der Waals surface area contributed by atoms with Crippen LogP contribution in [0.3, 0.4) is 0 Å². The maximum absolute atomic E-state index is 5.23. The summed E-state index contributed by atoms with van der Waals surface area (Å²) >= 11 is 0. The molecular formula is C45H29N3. The summed E-state index contributed by atoms with van der Waals surface area (Å²) in [6.07, 6.45) is 0. The van der Waals surface area contributed by atoms with Gasteiger partial charge in [-0.1, -0.05) is 176 Å². The molecule has 0 saturated heterocycles. The molecule has 3 nitrogen and oxygen atoms in total. The summed E-state index contributed by atoms with van der Waals surface area (Å²) in [5, 5.41) is 6.98. The van der Waals surface area contributed by atoms with E-state index in [4.69, 9.17) is 15.0 Å². The molecule has 0 bridgehead atoms. The zero-order chi connectivity index (χ0) is 31.9. The van der Waals surface area contributed by atoms with Crippen molar-refractivity contribution in [2.45, 2.75) is 0 Å². The van der Waals surface area contributed by atoms with E-state index in [1.165, 1.54) is 33.0 Å².